The third-order valence-electron chi connectivity index (χ3n) is 5.75. The number of nitrogens with zero attached hydrogens (tertiary/aromatic N) is 2. The average molecular weight is 600 g/mol. The summed E-state index contributed by atoms with van der Waals surface area (Å²) in [6.07, 6.45) is -0.0500. The maximum absolute atomic E-state index is 13.9. The third-order valence-corrected chi connectivity index (χ3v) is 8.80. The number of ether oxygens (including phenoxy) is 3. The molecule has 1 aromatic heterocycles. The Hall–Kier alpha value is -4.36. The van der Waals surface area contributed by atoms with Crippen molar-refractivity contribution in [1.82, 2.24) is 4.98 Å². The second-order valence-corrected chi connectivity index (χ2v) is 13.2. The highest BCUT2D eigenvalue weighted by Gasteiger charge is 2.36. The largest absolute Gasteiger partial charge is 0.497 e. The molecule has 0 saturated carbocycles. The third kappa shape index (κ3) is 6.36. The van der Waals surface area contributed by atoms with E-state index in [9.17, 15) is 21.6 Å². The molecule has 0 radical (unpaired) electrons. The molecule has 0 bridgehead atoms. The molecule has 0 spiro atoms. The first kappa shape index (κ1) is 29.6. The number of rotatable bonds is 8. The molecule has 0 fully saturated rings. The van der Waals surface area contributed by atoms with E-state index in [1.165, 1.54) is 62.8 Å². The number of fused-ring (bicyclic) bond motifs is 1. The molecule has 1 amide bonds. The van der Waals surface area contributed by atoms with Gasteiger partial charge in [0.25, 0.3) is 20.0 Å². The van der Waals surface area contributed by atoms with E-state index in [1.54, 1.807) is 45.0 Å². The van der Waals surface area contributed by atoms with Crippen LogP contribution in [0.2, 0.25) is 0 Å². The molecular formula is C28H29N3O8S2. The highest BCUT2D eigenvalue weighted by Crippen LogP contribution is 2.36. The van der Waals surface area contributed by atoms with E-state index < -0.39 is 31.7 Å². The lowest BCUT2D eigenvalue weighted by Gasteiger charge is -2.28. The van der Waals surface area contributed by atoms with Gasteiger partial charge in [0.1, 0.15) is 22.9 Å². The van der Waals surface area contributed by atoms with Crippen LogP contribution in [0.4, 0.5) is 16.3 Å². The Labute approximate surface area is 238 Å². The van der Waals surface area contributed by atoms with Crippen molar-refractivity contribution < 1.29 is 35.8 Å². The predicted molar refractivity (Wildman–Crippen MR) is 154 cm³/mol. The van der Waals surface area contributed by atoms with Gasteiger partial charge in [-0.25, -0.2) is 26.6 Å². The van der Waals surface area contributed by atoms with Gasteiger partial charge in [0, 0.05) is 10.8 Å². The van der Waals surface area contributed by atoms with Crippen molar-refractivity contribution in [3.8, 4) is 11.5 Å². The summed E-state index contributed by atoms with van der Waals surface area (Å²) in [6, 6.07) is 17.7. The summed E-state index contributed by atoms with van der Waals surface area (Å²) in [5.74, 6) is 0.844. The molecular weight excluding hydrogens is 570 g/mol. The molecule has 4 aromatic rings. The van der Waals surface area contributed by atoms with Gasteiger partial charge in [-0.2, -0.15) is 4.31 Å². The van der Waals surface area contributed by atoms with Gasteiger partial charge in [0.15, 0.2) is 0 Å². The number of aromatic nitrogens is 1. The first-order valence-corrected chi connectivity index (χ1v) is 15.2. The van der Waals surface area contributed by atoms with Crippen LogP contribution < -0.4 is 18.5 Å². The Morgan fingerprint density at radius 3 is 1.80 bits per heavy atom. The van der Waals surface area contributed by atoms with Gasteiger partial charge in [-0.15, -0.1) is 0 Å². The minimum absolute atomic E-state index is 0.0364. The minimum Gasteiger partial charge on any atom is -0.497 e. The predicted octanol–water partition coefficient (Wildman–Crippen LogP) is 5.18. The molecule has 1 N–H and O–H groups in total. The normalized spacial score (nSPS) is 12.0. The topological polar surface area (TPSA) is 141 Å². The molecule has 216 valence electrons. The molecule has 13 heteroatoms. The van der Waals surface area contributed by atoms with Crippen LogP contribution >= 0.6 is 0 Å². The van der Waals surface area contributed by atoms with Crippen molar-refractivity contribution in [1.29, 1.82) is 0 Å². The van der Waals surface area contributed by atoms with E-state index in [-0.39, 0.29) is 32.1 Å². The van der Waals surface area contributed by atoms with Gasteiger partial charge in [0.2, 0.25) is 0 Å². The number of benzene rings is 3. The number of amides is 1. The second-order valence-electron chi connectivity index (χ2n) is 9.74. The fourth-order valence-electron chi connectivity index (χ4n) is 3.84. The number of hydrogen-bond donors (Lipinski definition) is 1. The molecule has 1 heterocycles. The van der Waals surface area contributed by atoms with E-state index >= 15 is 0 Å². The van der Waals surface area contributed by atoms with Gasteiger partial charge < -0.3 is 14.2 Å². The summed E-state index contributed by atoms with van der Waals surface area (Å²) >= 11 is 0. The smallest absolute Gasteiger partial charge is 0.429 e. The summed E-state index contributed by atoms with van der Waals surface area (Å²) in [6.45, 7) is 4.82. The Morgan fingerprint density at radius 1 is 0.780 bits per heavy atom. The average Bonchev–Trinajstić information content (AvgIpc) is 2.93. The highest BCUT2D eigenvalue weighted by molar-refractivity contribution is 7.93. The van der Waals surface area contributed by atoms with Crippen LogP contribution in [0, 0.1) is 0 Å². The molecule has 4 rings (SSSR count). The maximum Gasteiger partial charge on any atom is 0.429 e. The highest BCUT2D eigenvalue weighted by atomic mass is 32.2. The SMILES string of the molecule is COc1ccc(S(=O)(=O)Nc2ncc(N(C(=O)OC(C)(C)C)S(=O)(=O)c3ccc(OC)cc3)c3ccccc23)cc1. The van der Waals surface area contributed by atoms with Gasteiger partial charge >= 0.3 is 6.09 Å². The molecule has 0 aliphatic heterocycles. The van der Waals surface area contributed by atoms with Crippen LogP contribution in [0.3, 0.4) is 0 Å². The minimum atomic E-state index is -4.53. The molecule has 3 aromatic carbocycles. The molecule has 0 unspecified atom stereocenters. The lowest BCUT2D eigenvalue weighted by atomic mass is 10.1. The maximum atomic E-state index is 13.9. The number of pyridine rings is 1. The Balaban J connectivity index is 1.86. The van der Waals surface area contributed by atoms with Crippen molar-refractivity contribution in [2.24, 2.45) is 0 Å². The molecule has 11 nitrogen and oxygen atoms in total. The van der Waals surface area contributed by atoms with E-state index in [0.717, 1.165) is 6.20 Å². The molecule has 0 aliphatic carbocycles. The van der Waals surface area contributed by atoms with Crippen molar-refractivity contribution in [2.75, 3.05) is 23.2 Å². The summed E-state index contributed by atoms with van der Waals surface area (Å²) in [5, 5.41) is 0.485. The zero-order valence-electron chi connectivity index (χ0n) is 23.0. The number of anilines is 2. The lowest BCUT2D eigenvalue weighted by Crippen LogP contribution is -2.41. The number of nitrogens with one attached hydrogen (secondary N) is 1. The van der Waals surface area contributed by atoms with Crippen molar-refractivity contribution >= 4 is 48.4 Å². The first-order chi connectivity index (χ1) is 19.3. The van der Waals surface area contributed by atoms with Crippen LogP contribution in [0.1, 0.15) is 20.8 Å². The summed E-state index contributed by atoms with van der Waals surface area (Å²) in [7, 11) is -5.70. The van der Waals surface area contributed by atoms with Crippen molar-refractivity contribution in [2.45, 2.75) is 36.2 Å². The molecule has 0 saturated heterocycles. The van der Waals surface area contributed by atoms with Crippen molar-refractivity contribution in [3.05, 3.63) is 79.0 Å². The van der Waals surface area contributed by atoms with E-state index in [1.807, 2.05) is 0 Å². The Bertz CT molecular complexity index is 1780. The molecule has 41 heavy (non-hydrogen) atoms. The van der Waals surface area contributed by atoms with Gasteiger partial charge in [0.05, 0.1) is 35.9 Å². The standard InChI is InChI=1S/C28H29N3O8S2/c1-28(2,3)39-27(32)31(41(35,36)22-16-12-20(38-5)13-17-22)25-18-29-26(24-9-7-6-8-23(24)25)30-40(33,34)21-14-10-19(37-4)11-15-21/h6-18H,1-5H3,(H,29,30). The number of carbonyl (C=O) groups excluding carboxylic acids is 1. The lowest BCUT2D eigenvalue weighted by molar-refractivity contribution is 0.0609. The molecule has 0 atom stereocenters. The number of carbonyl (C=O) groups is 1. The first-order valence-electron chi connectivity index (χ1n) is 12.2. The molecule has 0 aliphatic rings. The van der Waals surface area contributed by atoms with E-state index in [2.05, 4.69) is 9.71 Å². The fourth-order valence-corrected chi connectivity index (χ4v) is 6.20. The van der Waals surface area contributed by atoms with Crippen LogP contribution in [0.25, 0.3) is 10.8 Å². The quantitative estimate of drug-likeness (QED) is 0.290. The Morgan fingerprint density at radius 2 is 1.29 bits per heavy atom. The monoisotopic (exact) mass is 599 g/mol. The zero-order valence-corrected chi connectivity index (χ0v) is 24.6. The number of hydrogen-bond acceptors (Lipinski definition) is 9. The van der Waals surface area contributed by atoms with Crippen LogP contribution in [0.5, 0.6) is 11.5 Å². The summed E-state index contributed by atoms with van der Waals surface area (Å²) < 4.78 is 72.7. The van der Waals surface area contributed by atoms with Gasteiger partial charge in [-0.3, -0.25) is 4.72 Å². The summed E-state index contributed by atoms with van der Waals surface area (Å²) in [5.41, 5.74) is -1.15. The van der Waals surface area contributed by atoms with Crippen molar-refractivity contribution in [3.63, 3.8) is 0 Å². The van der Waals surface area contributed by atoms with Crippen LogP contribution in [-0.2, 0) is 24.8 Å². The fraction of sp³-hybridized carbons (Fsp3) is 0.214. The van der Waals surface area contributed by atoms with Crippen LogP contribution in [0.15, 0.2) is 88.8 Å². The van der Waals surface area contributed by atoms with Gasteiger partial charge in [-0.1, -0.05) is 24.3 Å². The van der Waals surface area contributed by atoms with Gasteiger partial charge in [-0.05, 0) is 69.3 Å². The second kappa shape index (κ2) is 11.3. The number of methoxy groups -OCH3 is 2. The van der Waals surface area contributed by atoms with Crippen LogP contribution in [-0.4, -0.2) is 47.7 Å². The number of sulfonamides is 2. The van der Waals surface area contributed by atoms with E-state index in [4.69, 9.17) is 14.2 Å². The van der Waals surface area contributed by atoms with E-state index in [0.29, 0.717) is 15.8 Å². The summed E-state index contributed by atoms with van der Waals surface area (Å²) in [4.78, 5) is 17.5. The Kier molecular flexibility index (Phi) is 8.13. The zero-order chi connectivity index (χ0) is 30.0.